The molecule has 0 aliphatic carbocycles. The Bertz CT molecular complexity index is 2160. The van der Waals surface area contributed by atoms with E-state index in [4.69, 9.17) is 32.3 Å². The minimum absolute atomic E-state index is 0.0433. The third-order valence-electron chi connectivity index (χ3n) is 13.4. The molecule has 4 N–H and O–H groups in total. The molecule has 16 nitrogen and oxygen atoms in total. The van der Waals surface area contributed by atoms with Crippen LogP contribution in [0, 0.1) is 0 Å². The second kappa shape index (κ2) is 63.8. The normalized spacial score (nSPS) is 15.1. The largest absolute Gasteiger partial charge is 0.472 e. The van der Waals surface area contributed by atoms with Crippen molar-refractivity contribution < 1.29 is 75.8 Å². The minimum atomic E-state index is -4.94. The number of allylic oxidation sites excluding steroid dienone is 22. The lowest BCUT2D eigenvalue weighted by atomic mass is 10.1. The first-order valence-corrected chi connectivity index (χ1v) is 36.5. The molecule has 5 unspecified atom stereocenters. The van der Waals surface area contributed by atoms with Crippen LogP contribution in [0.2, 0.25) is 0 Å². The second-order valence-corrected chi connectivity index (χ2v) is 24.8. The quantitative estimate of drug-likeness (QED) is 0.0146. The number of carbonyl (C=O) groups excluding carboxylic acids is 3. The molecule has 0 saturated heterocycles. The van der Waals surface area contributed by atoms with Gasteiger partial charge in [-0.3, -0.25) is 32.5 Å². The maximum absolute atomic E-state index is 12.9. The lowest BCUT2D eigenvalue weighted by Gasteiger charge is -2.21. The molecule has 0 aliphatic rings. The number of aliphatic hydroxyl groups is 2. The van der Waals surface area contributed by atoms with Crippen molar-refractivity contribution in [2.45, 2.75) is 257 Å². The zero-order valence-corrected chi connectivity index (χ0v) is 56.6. The van der Waals surface area contributed by atoms with Gasteiger partial charge in [-0.1, -0.05) is 251 Å². The van der Waals surface area contributed by atoms with Crippen LogP contribution in [0.5, 0.6) is 0 Å². The zero-order valence-electron chi connectivity index (χ0n) is 54.8. The van der Waals surface area contributed by atoms with Crippen LogP contribution in [-0.4, -0.2) is 95.9 Å². The van der Waals surface area contributed by atoms with Crippen molar-refractivity contribution in [3.8, 4) is 0 Å². The van der Waals surface area contributed by atoms with Crippen molar-refractivity contribution in [2.24, 2.45) is 0 Å². The fourth-order valence-electron chi connectivity index (χ4n) is 8.33. The molecule has 0 aromatic carbocycles. The predicted octanol–water partition coefficient (Wildman–Crippen LogP) is 18.4. The van der Waals surface area contributed by atoms with Crippen molar-refractivity contribution >= 4 is 33.6 Å². The van der Waals surface area contributed by atoms with Gasteiger partial charge < -0.3 is 34.2 Å². The van der Waals surface area contributed by atoms with Gasteiger partial charge >= 0.3 is 33.6 Å². The van der Waals surface area contributed by atoms with Gasteiger partial charge in [0.05, 0.1) is 26.4 Å². The molecule has 0 aromatic heterocycles. The van der Waals surface area contributed by atoms with Crippen LogP contribution in [0.3, 0.4) is 0 Å². The Morgan fingerprint density at radius 1 is 0.326 bits per heavy atom. The second-order valence-electron chi connectivity index (χ2n) is 21.9. The molecule has 0 fully saturated rings. The number of hydrogen-bond donors (Lipinski definition) is 4. The van der Waals surface area contributed by atoms with E-state index in [9.17, 15) is 43.5 Å². The van der Waals surface area contributed by atoms with Gasteiger partial charge in [0.1, 0.15) is 25.4 Å². The van der Waals surface area contributed by atoms with Crippen molar-refractivity contribution in [2.75, 3.05) is 39.6 Å². The first-order chi connectivity index (χ1) is 43.2. The van der Waals surface area contributed by atoms with Crippen LogP contribution < -0.4 is 0 Å². The summed E-state index contributed by atoms with van der Waals surface area (Å²) >= 11 is 0. The number of rotatable bonds is 62. The summed E-state index contributed by atoms with van der Waals surface area (Å²) in [4.78, 5) is 58.2. The molecule has 18 heteroatoms. The topological polar surface area (TPSA) is 231 Å². The smallest absolute Gasteiger partial charge is 0.463 e. The molecular weight excluding hydrogens is 1170 g/mol. The van der Waals surface area contributed by atoms with Gasteiger partial charge in [0.2, 0.25) is 0 Å². The summed E-state index contributed by atoms with van der Waals surface area (Å²) < 4.78 is 60.7. The summed E-state index contributed by atoms with van der Waals surface area (Å²) in [7, 11) is -9.80. The van der Waals surface area contributed by atoms with Crippen molar-refractivity contribution in [1.29, 1.82) is 0 Å². The van der Waals surface area contributed by atoms with E-state index in [1.807, 2.05) is 18.2 Å². The van der Waals surface area contributed by atoms with E-state index < -0.39 is 91.5 Å². The lowest BCUT2D eigenvalue weighted by molar-refractivity contribution is -0.161. The van der Waals surface area contributed by atoms with Gasteiger partial charge in [0.15, 0.2) is 6.10 Å². The van der Waals surface area contributed by atoms with Crippen molar-refractivity contribution in [3.63, 3.8) is 0 Å². The van der Waals surface area contributed by atoms with Crippen LogP contribution in [0.1, 0.15) is 239 Å². The summed E-state index contributed by atoms with van der Waals surface area (Å²) in [5.74, 6) is -1.69. The SMILES string of the molecule is CC/C=C\C/C=C\C/C=C\C/C=C\C/C=C\C/C=C\CCC(=O)OCC(COP(=O)(O)OCC(O)COP(=O)(O)OCC(O)COC(=O)CCCCCCCCC/C=C\C/C=C\C/C=C\C/C=C\C/C=C\CC)OC(=O)CCCCCCCCCCCCC. The Balaban J connectivity index is 4.64. The molecule has 0 rings (SSSR count). The highest BCUT2D eigenvalue weighted by Crippen LogP contribution is 2.45. The molecule has 0 heterocycles. The molecule has 0 amide bonds. The fourth-order valence-corrected chi connectivity index (χ4v) is 9.91. The maximum atomic E-state index is 12.9. The zero-order chi connectivity index (χ0) is 65.3. The van der Waals surface area contributed by atoms with Crippen molar-refractivity contribution in [1.82, 2.24) is 0 Å². The Labute approximate surface area is 537 Å². The Kier molecular flexibility index (Phi) is 60.7. The number of esters is 3. The molecule has 89 heavy (non-hydrogen) atoms. The van der Waals surface area contributed by atoms with E-state index in [0.29, 0.717) is 25.7 Å². The highest BCUT2D eigenvalue weighted by atomic mass is 31.2. The summed E-state index contributed by atoms with van der Waals surface area (Å²) in [6.07, 6.45) is 73.9. The molecular formula is C71H118O16P2. The standard InChI is InChI=1S/C71H118O16P2/c1-4-7-10-13-16-19-22-24-26-28-30-31-32-33-35-37-38-40-43-45-48-51-54-57-69(74)81-60-66(72)61-83-88(77,78)84-62-67(73)63-85-89(79,80)86-65-68(87-71(76)59-56-53-50-47-42-21-18-15-12-9-6-3)64-82-70(75)58-55-52-49-46-44-41-39-36-34-29-27-25-23-20-17-14-11-8-5-2/h7-8,10-11,16-17,19-20,24-27,30-31,33-36,41,44,49,52,66-68,72-73H,4-6,9,12-15,18,21-23,28-29,32,37-40,42-43,45-48,50-51,53-65H2,1-3H3,(H,77,78)(H,79,80)/b10-7-,11-8-,19-16-,20-17-,26-24-,27-25-,31-30-,35-33-,36-34-,44-41-,52-49-. The summed E-state index contributed by atoms with van der Waals surface area (Å²) in [6.45, 7) is 2.30. The lowest BCUT2D eigenvalue weighted by Crippen LogP contribution is -2.30. The molecule has 0 aliphatic heterocycles. The molecule has 508 valence electrons. The average molecular weight is 1290 g/mol. The Morgan fingerprint density at radius 2 is 0.618 bits per heavy atom. The summed E-state index contributed by atoms with van der Waals surface area (Å²) in [6, 6.07) is 0. The molecule has 0 radical (unpaired) electrons. The van der Waals surface area contributed by atoms with E-state index in [2.05, 4.69) is 136 Å². The fraction of sp³-hybridized carbons (Fsp3) is 0.648. The van der Waals surface area contributed by atoms with E-state index in [1.54, 1.807) is 0 Å². The van der Waals surface area contributed by atoms with E-state index in [0.717, 1.165) is 135 Å². The van der Waals surface area contributed by atoms with Gasteiger partial charge in [0.25, 0.3) is 0 Å². The highest BCUT2D eigenvalue weighted by molar-refractivity contribution is 7.47. The predicted molar refractivity (Wildman–Crippen MR) is 362 cm³/mol. The average Bonchev–Trinajstić information content (AvgIpc) is 3.53. The number of ether oxygens (including phenoxy) is 3. The first-order valence-electron chi connectivity index (χ1n) is 33.5. The van der Waals surface area contributed by atoms with Crippen LogP contribution in [0.4, 0.5) is 0 Å². The molecule has 0 spiro atoms. The van der Waals surface area contributed by atoms with Crippen molar-refractivity contribution in [3.05, 3.63) is 134 Å². The number of phosphoric ester groups is 2. The Hall–Kier alpha value is -4.31. The monoisotopic (exact) mass is 1290 g/mol. The Morgan fingerprint density at radius 3 is 1.01 bits per heavy atom. The molecule has 5 atom stereocenters. The third-order valence-corrected chi connectivity index (χ3v) is 15.3. The van der Waals surface area contributed by atoms with Gasteiger partial charge in [-0.2, -0.15) is 0 Å². The number of unbranched alkanes of at least 4 members (excludes halogenated alkanes) is 17. The number of hydrogen-bond acceptors (Lipinski definition) is 14. The number of phosphoric acid groups is 2. The molecule has 0 bridgehead atoms. The number of aliphatic hydroxyl groups excluding tert-OH is 2. The van der Waals surface area contributed by atoms with Gasteiger partial charge in [-0.05, 0) is 103 Å². The molecule has 0 saturated carbocycles. The van der Waals surface area contributed by atoms with E-state index >= 15 is 0 Å². The first kappa shape index (κ1) is 84.7. The van der Waals surface area contributed by atoms with Crippen LogP contribution in [-0.2, 0) is 55.8 Å². The van der Waals surface area contributed by atoms with Gasteiger partial charge in [-0.25, -0.2) is 9.13 Å². The van der Waals surface area contributed by atoms with Crippen LogP contribution >= 0.6 is 15.6 Å². The maximum Gasteiger partial charge on any atom is 0.472 e. The minimum Gasteiger partial charge on any atom is -0.463 e. The molecule has 0 aromatic rings. The number of carbonyl (C=O) groups is 3. The summed E-state index contributed by atoms with van der Waals surface area (Å²) in [5, 5.41) is 20.5. The summed E-state index contributed by atoms with van der Waals surface area (Å²) in [5.41, 5.74) is 0. The van der Waals surface area contributed by atoms with Gasteiger partial charge in [-0.15, -0.1) is 0 Å². The van der Waals surface area contributed by atoms with Gasteiger partial charge in [0, 0.05) is 19.3 Å². The van der Waals surface area contributed by atoms with E-state index in [1.165, 1.54) is 38.5 Å². The third kappa shape index (κ3) is 65.0. The highest BCUT2D eigenvalue weighted by Gasteiger charge is 2.29. The van der Waals surface area contributed by atoms with E-state index in [-0.39, 0.29) is 19.3 Å². The van der Waals surface area contributed by atoms with Crippen LogP contribution in [0.15, 0.2) is 134 Å². The van der Waals surface area contributed by atoms with Crippen LogP contribution in [0.25, 0.3) is 0 Å².